The van der Waals surface area contributed by atoms with Crippen molar-refractivity contribution in [1.82, 2.24) is 69.7 Å². The third-order valence-corrected chi connectivity index (χ3v) is 25.6. The maximum atomic E-state index is 14.3. The number of nitrogens with zero attached hydrogens (tertiary/aromatic N) is 9. The van der Waals surface area contributed by atoms with E-state index < -0.39 is 74.9 Å². The number of fused-ring (bicyclic) bond motifs is 12. The summed E-state index contributed by atoms with van der Waals surface area (Å²) in [4.78, 5) is 147. The summed E-state index contributed by atoms with van der Waals surface area (Å²) < 4.78 is 81.6. The van der Waals surface area contributed by atoms with E-state index in [4.69, 9.17) is 78.2 Å². The Balaban J connectivity index is 0.000000154. The molecule has 1 fully saturated rings. The number of H-pyrrole nitrogens is 4. The Morgan fingerprint density at radius 2 is 0.788 bits per heavy atom. The summed E-state index contributed by atoms with van der Waals surface area (Å²) in [6, 6.07) is 28.7. The first kappa shape index (κ1) is 108. The smallest absolute Gasteiger partial charge is 0.342 e. The number of aliphatic hydroxyl groups is 2. The molecule has 0 unspecified atom stereocenters. The number of amides is 5. The molecule has 770 valence electrons. The van der Waals surface area contributed by atoms with E-state index in [0.29, 0.717) is 130 Å². The van der Waals surface area contributed by atoms with Crippen molar-refractivity contribution in [1.29, 1.82) is 0 Å². The zero-order chi connectivity index (χ0) is 106. The topological polar surface area (TPSA) is 385 Å². The van der Waals surface area contributed by atoms with Crippen molar-refractivity contribution in [3.8, 4) is 17.4 Å². The maximum Gasteiger partial charge on any atom is 0.342 e. The van der Waals surface area contributed by atoms with Crippen LogP contribution in [0.3, 0.4) is 0 Å². The highest BCUT2D eigenvalue weighted by Gasteiger charge is 2.45. The van der Waals surface area contributed by atoms with Crippen molar-refractivity contribution in [2.75, 3.05) is 92.1 Å². The molecule has 5 aliphatic heterocycles. The van der Waals surface area contributed by atoms with E-state index in [2.05, 4.69) is 50.1 Å². The van der Waals surface area contributed by atoms with E-state index in [-0.39, 0.29) is 126 Å². The van der Waals surface area contributed by atoms with Gasteiger partial charge in [0.15, 0.2) is 10.9 Å². The molecule has 146 heavy (non-hydrogen) atoms. The maximum absolute atomic E-state index is 14.3. The van der Waals surface area contributed by atoms with Gasteiger partial charge in [0.1, 0.15) is 43.0 Å². The molecular formula is C109H120Cl3F3N14O17. The van der Waals surface area contributed by atoms with Crippen LogP contribution in [0.4, 0.5) is 13.2 Å². The minimum absolute atomic E-state index is 0.0430. The number of carbonyl (C=O) groups excluding carboxylic acids is 8. The van der Waals surface area contributed by atoms with E-state index in [9.17, 15) is 51.5 Å². The number of aromatic amines is 4. The van der Waals surface area contributed by atoms with Crippen LogP contribution in [-0.2, 0) is 59.8 Å². The van der Waals surface area contributed by atoms with Gasteiger partial charge in [-0.1, -0.05) is 108 Å². The van der Waals surface area contributed by atoms with Crippen LogP contribution in [0.1, 0.15) is 214 Å². The molecule has 31 nitrogen and oxygen atoms in total. The molecule has 4 aromatic carbocycles. The van der Waals surface area contributed by atoms with Gasteiger partial charge in [-0.05, 0) is 172 Å². The number of aryl methyl sites for hydroxylation is 3. The molecule has 37 heteroatoms. The molecule has 17 rings (SSSR count). The molecule has 8 aromatic heterocycles. The van der Waals surface area contributed by atoms with Crippen molar-refractivity contribution in [2.45, 2.75) is 178 Å². The zero-order valence-electron chi connectivity index (χ0n) is 84.9. The van der Waals surface area contributed by atoms with Crippen LogP contribution in [0.25, 0.3) is 66.4 Å². The van der Waals surface area contributed by atoms with Crippen molar-refractivity contribution >= 4 is 149 Å². The van der Waals surface area contributed by atoms with Gasteiger partial charge in [-0.25, -0.2) is 37.5 Å². The van der Waals surface area contributed by atoms with Crippen LogP contribution in [0.5, 0.6) is 17.4 Å². The number of rotatable bonds is 22. The van der Waals surface area contributed by atoms with Crippen LogP contribution < -0.4 is 19.5 Å². The Morgan fingerprint density at radius 1 is 0.432 bits per heavy atom. The molecule has 13 heterocycles. The lowest BCUT2D eigenvalue weighted by molar-refractivity contribution is -0.141. The largest absolute Gasteiger partial charge is 0.492 e. The first-order valence-corrected chi connectivity index (χ1v) is 49.1. The highest BCUT2D eigenvalue weighted by molar-refractivity contribution is 6.32. The summed E-state index contributed by atoms with van der Waals surface area (Å²) in [6.45, 7) is 40.4. The second-order valence-corrected chi connectivity index (χ2v) is 41.3. The Labute approximate surface area is 858 Å². The van der Waals surface area contributed by atoms with Gasteiger partial charge in [0, 0.05) is 167 Å². The molecule has 0 aliphatic carbocycles. The summed E-state index contributed by atoms with van der Waals surface area (Å²) in [5.41, 5.74) is 11.1. The number of ether oxygens (including phenoxy) is 7. The lowest BCUT2D eigenvalue weighted by atomic mass is 9.82. The number of carbonyl (C=O) groups is 8. The van der Waals surface area contributed by atoms with Crippen molar-refractivity contribution < 1.29 is 94.9 Å². The zero-order valence-corrected chi connectivity index (χ0v) is 87.1. The number of pyridine rings is 4. The summed E-state index contributed by atoms with van der Waals surface area (Å²) in [5.74, 6) is -3.68. The molecule has 1 saturated heterocycles. The predicted molar refractivity (Wildman–Crippen MR) is 552 cm³/mol. The molecule has 7 N–H and O–H groups in total. The Hall–Kier alpha value is -13.7. The highest BCUT2D eigenvalue weighted by Crippen LogP contribution is 2.47. The second-order valence-electron chi connectivity index (χ2n) is 40.1. The minimum Gasteiger partial charge on any atom is -0.492 e. The van der Waals surface area contributed by atoms with Gasteiger partial charge in [0.2, 0.25) is 5.88 Å². The second kappa shape index (κ2) is 44.7. The van der Waals surface area contributed by atoms with Gasteiger partial charge < -0.3 is 88.2 Å². The van der Waals surface area contributed by atoms with Gasteiger partial charge >= 0.3 is 17.9 Å². The number of morpholine rings is 1. The molecule has 0 radical (unpaired) electrons. The Bertz CT molecular complexity index is 7190. The number of benzene rings is 4. The fraction of sp³-hybridized carbons (Fsp3) is 0.376. The number of aliphatic hydroxyl groups excluding tert-OH is 2. The Kier molecular flexibility index (Phi) is 33.1. The third-order valence-electron chi connectivity index (χ3n) is 24.9. The van der Waals surface area contributed by atoms with E-state index >= 15 is 0 Å². The average Bonchev–Trinajstić information content (AvgIpc) is 1.60. The SMILES string of the molecule is CC(C)OC(=O)C1=CN(C(=O)c2ccc(OCCN3CCOCC3)cc2)CC(C)(C)c2c1[nH]c1cc(Cl)cnc21.Cc1ccc(C(=O)N2C=C(C(=O)NC(C)C)c3[nH]c4cc(Cl)cnc4c3C(C)(C)C2)cc1F.Cc1ccc(C(=O)N2C=C(C(=O)OC(C)C)c3[nH]c4cc(OCCO)c(Cl)nc4c3C(C)(C)C2)cc1F.Cc1ccc(C(=O)N2C=C(C(=O)OC(C)C)c3[nH]c4ccc(OCCO)nc4c3C(C)(C)C2)cc1F. The van der Waals surface area contributed by atoms with E-state index in [1.54, 1.807) is 183 Å². The first-order chi connectivity index (χ1) is 69.0. The van der Waals surface area contributed by atoms with Gasteiger partial charge in [-0.2, -0.15) is 0 Å². The monoisotopic (exact) mass is 2060 g/mol. The minimum atomic E-state index is -0.716. The fourth-order valence-corrected chi connectivity index (χ4v) is 18.7. The standard InChI is InChI=1S/C30H35ClN4O5.C27H29ClFN3O5.C27H30FN3O5.C25H26ClFN4O2/c1-19(2)40-29(37)23-17-35(18-30(3,4)25-26(23)33-24-15-21(31)16-32-27(24)25)28(36)20-5-7-22(8-6-20)39-14-11-34-9-12-38-13-10-34;1-14(2)37-26(35)17-12-32(25(34)16-7-6-15(3)18(29)10-16)13-27(4,5)21-22(17)30-19-11-20(36-9-8-33)24(28)31-23(19)21;1-15(2)36-26(34)18-13-31(25(33)17-7-6-16(3)19(28)12-17)14-27(4,5)22-23(18)29-20-8-9-21(30-24(20)22)35-11-10-32;1-13(2)29-23(32)17-11-31(24(33)15-7-6-14(3)18(27)8-15)12-25(4,5)20-21(17)30-19-9-16(26)10-28-22(19)20/h5-8,15-17,19,33H,9-14,18H2,1-4H3;6-7,10-12,14,30,33H,8-9,13H2,1-5H3;6-9,12-13,15,29,32H,10-11,14H2,1-5H3;6-11,13,30H,12H2,1-5H3,(H,29,32). The molecule has 0 saturated carbocycles. The summed E-state index contributed by atoms with van der Waals surface area (Å²) in [7, 11) is 0. The predicted octanol–water partition coefficient (Wildman–Crippen LogP) is 18.5. The van der Waals surface area contributed by atoms with Crippen molar-refractivity contribution in [2.24, 2.45) is 0 Å². The van der Waals surface area contributed by atoms with Crippen LogP contribution in [0.15, 0.2) is 146 Å². The number of esters is 3. The van der Waals surface area contributed by atoms with Gasteiger partial charge in [0.25, 0.3) is 29.5 Å². The van der Waals surface area contributed by atoms with Crippen LogP contribution in [0, 0.1) is 38.2 Å². The first-order valence-electron chi connectivity index (χ1n) is 48.0. The number of halogens is 6. The van der Waals surface area contributed by atoms with Gasteiger partial charge in [0.05, 0.1) is 144 Å². The molecule has 12 aromatic rings. The third kappa shape index (κ3) is 24.1. The number of nitrogens with one attached hydrogen (secondary N) is 5. The van der Waals surface area contributed by atoms with Gasteiger partial charge in [-0.3, -0.25) is 38.8 Å². The highest BCUT2D eigenvalue weighted by atomic mass is 35.5. The lowest BCUT2D eigenvalue weighted by Gasteiger charge is -2.29. The molecule has 5 aliphatic rings. The van der Waals surface area contributed by atoms with E-state index in [0.717, 1.165) is 55.1 Å². The number of aromatic nitrogens is 8. The van der Waals surface area contributed by atoms with Crippen LogP contribution in [0.2, 0.25) is 15.2 Å². The molecular weight excluding hydrogens is 1940 g/mol. The average molecular weight is 2060 g/mol. The lowest BCUT2D eigenvalue weighted by Crippen LogP contribution is -2.38. The molecule has 0 atom stereocenters. The quantitative estimate of drug-likeness (QED) is 0.0188. The van der Waals surface area contributed by atoms with Crippen molar-refractivity contribution in [3.05, 3.63) is 263 Å². The van der Waals surface area contributed by atoms with E-state index in [1.165, 1.54) is 45.3 Å². The normalized spacial score (nSPS) is 15.6. The van der Waals surface area contributed by atoms with Crippen LogP contribution >= 0.6 is 34.8 Å². The summed E-state index contributed by atoms with van der Waals surface area (Å²) in [6.07, 6.45) is 8.08. The number of hydrogen-bond acceptors (Lipinski definition) is 22. The fourth-order valence-electron chi connectivity index (χ4n) is 18.2. The summed E-state index contributed by atoms with van der Waals surface area (Å²) in [5, 5.41) is 22.2. The van der Waals surface area contributed by atoms with E-state index in [1.807, 2.05) is 69.2 Å². The van der Waals surface area contributed by atoms with Crippen molar-refractivity contribution in [3.63, 3.8) is 0 Å². The summed E-state index contributed by atoms with van der Waals surface area (Å²) >= 11 is 18.7. The molecule has 5 amide bonds. The van der Waals surface area contributed by atoms with Gasteiger partial charge in [-0.15, -0.1) is 0 Å². The molecule has 0 spiro atoms. The Morgan fingerprint density at radius 3 is 1.18 bits per heavy atom. The van der Waals surface area contributed by atoms with Crippen LogP contribution in [-0.4, -0.2) is 238 Å². The molecule has 0 bridgehead atoms. The number of hydrogen-bond donors (Lipinski definition) is 7.